The summed E-state index contributed by atoms with van der Waals surface area (Å²) >= 11 is 1.11. The Labute approximate surface area is 226 Å². The molecule has 0 saturated carbocycles. The monoisotopic (exact) mass is 550 g/mol. The molecule has 0 fully saturated rings. The second kappa shape index (κ2) is 12.2. The maximum absolute atomic E-state index is 13.6. The van der Waals surface area contributed by atoms with Crippen LogP contribution in [-0.2, 0) is 11.3 Å². The lowest BCUT2D eigenvalue weighted by molar-refractivity contribution is -0.385. The standard InChI is InChI=1S/C26H23FN6O5S/c1-16-3-4-17(13-22(16)33(36)37)25(35)28-14-23-30-31-26(32(23)20-9-5-18(27)6-10-20)39-15-24(34)29-19-7-11-21(38-2)12-8-19/h3-13H,14-15H2,1-2H3,(H,28,35)(H,29,34). The molecule has 0 aliphatic heterocycles. The van der Waals surface area contributed by atoms with E-state index < -0.39 is 16.6 Å². The molecule has 0 saturated heterocycles. The van der Waals surface area contributed by atoms with Gasteiger partial charge < -0.3 is 15.4 Å². The van der Waals surface area contributed by atoms with Gasteiger partial charge in [-0.15, -0.1) is 10.2 Å². The zero-order valence-corrected chi connectivity index (χ0v) is 21.7. The van der Waals surface area contributed by atoms with Gasteiger partial charge in [0.05, 0.1) is 24.3 Å². The molecule has 2 amide bonds. The lowest BCUT2D eigenvalue weighted by Crippen LogP contribution is -2.25. The molecule has 200 valence electrons. The molecule has 0 radical (unpaired) electrons. The first-order valence-corrected chi connectivity index (χ1v) is 12.5. The van der Waals surface area contributed by atoms with Gasteiger partial charge >= 0.3 is 0 Å². The number of benzene rings is 3. The second-order valence-electron chi connectivity index (χ2n) is 8.22. The summed E-state index contributed by atoms with van der Waals surface area (Å²) in [6, 6.07) is 16.7. The number of hydrogen-bond acceptors (Lipinski definition) is 8. The Bertz CT molecular complexity index is 1510. The summed E-state index contributed by atoms with van der Waals surface area (Å²) in [5.41, 5.74) is 1.51. The van der Waals surface area contributed by atoms with Crippen molar-refractivity contribution in [1.29, 1.82) is 0 Å². The molecule has 0 aliphatic rings. The van der Waals surface area contributed by atoms with Gasteiger partial charge in [0.25, 0.3) is 11.6 Å². The van der Waals surface area contributed by atoms with Gasteiger partial charge in [0.15, 0.2) is 11.0 Å². The maximum atomic E-state index is 13.6. The molecule has 0 atom stereocenters. The third-order valence-electron chi connectivity index (χ3n) is 5.57. The Morgan fingerprint density at radius 2 is 1.79 bits per heavy atom. The van der Waals surface area contributed by atoms with Crippen LogP contribution >= 0.6 is 11.8 Å². The Morgan fingerprint density at radius 1 is 1.08 bits per heavy atom. The van der Waals surface area contributed by atoms with E-state index in [0.29, 0.717) is 33.7 Å². The van der Waals surface area contributed by atoms with Crippen molar-refractivity contribution in [2.45, 2.75) is 18.6 Å². The number of ether oxygens (including phenoxy) is 1. The lowest BCUT2D eigenvalue weighted by Gasteiger charge is -2.11. The molecule has 0 unspecified atom stereocenters. The highest BCUT2D eigenvalue weighted by atomic mass is 32.2. The number of carbonyl (C=O) groups excluding carboxylic acids is 2. The van der Waals surface area contributed by atoms with Crippen molar-refractivity contribution in [3.8, 4) is 11.4 Å². The van der Waals surface area contributed by atoms with Crippen molar-refractivity contribution in [2.75, 3.05) is 18.2 Å². The average Bonchev–Trinajstić information content (AvgIpc) is 3.34. The lowest BCUT2D eigenvalue weighted by atomic mass is 10.1. The Morgan fingerprint density at radius 3 is 2.46 bits per heavy atom. The van der Waals surface area contributed by atoms with Crippen molar-refractivity contribution < 1.29 is 23.6 Å². The highest BCUT2D eigenvalue weighted by molar-refractivity contribution is 7.99. The van der Waals surface area contributed by atoms with Crippen LogP contribution in [0.2, 0.25) is 0 Å². The van der Waals surface area contributed by atoms with E-state index in [1.54, 1.807) is 42.9 Å². The molecule has 4 rings (SSSR count). The summed E-state index contributed by atoms with van der Waals surface area (Å²) in [6.45, 7) is 1.50. The van der Waals surface area contributed by atoms with Crippen molar-refractivity contribution in [1.82, 2.24) is 20.1 Å². The third kappa shape index (κ3) is 6.76. The zero-order valence-electron chi connectivity index (χ0n) is 20.9. The average molecular weight is 551 g/mol. The van der Waals surface area contributed by atoms with Crippen LogP contribution in [0.3, 0.4) is 0 Å². The number of hydrogen-bond donors (Lipinski definition) is 2. The van der Waals surface area contributed by atoms with Crippen LogP contribution in [0.1, 0.15) is 21.7 Å². The van der Waals surface area contributed by atoms with E-state index >= 15 is 0 Å². The number of thioether (sulfide) groups is 1. The summed E-state index contributed by atoms with van der Waals surface area (Å²) < 4.78 is 20.3. The van der Waals surface area contributed by atoms with Gasteiger partial charge in [-0.1, -0.05) is 17.8 Å². The number of aromatic nitrogens is 3. The van der Waals surface area contributed by atoms with Crippen molar-refractivity contribution >= 4 is 35.0 Å². The molecule has 4 aromatic rings. The molecular formula is C26H23FN6O5S. The number of amides is 2. The largest absolute Gasteiger partial charge is 0.497 e. The number of aryl methyl sites for hydroxylation is 1. The van der Waals surface area contributed by atoms with Crippen molar-refractivity contribution in [3.63, 3.8) is 0 Å². The van der Waals surface area contributed by atoms with Crippen LogP contribution in [0.4, 0.5) is 15.8 Å². The number of rotatable bonds is 10. The predicted molar refractivity (Wildman–Crippen MR) is 143 cm³/mol. The Balaban J connectivity index is 1.49. The van der Waals surface area contributed by atoms with Crippen LogP contribution in [0.25, 0.3) is 5.69 Å². The highest BCUT2D eigenvalue weighted by Gasteiger charge is 2.19. The molecule has 0 spiro atoms. The van der Waals surface area contributed by atoms with Gasteiger partial charge in [-0.3, -0.25) is 24.3 Å². The highest BCUT2D eigenvalue weighted by Crippen LogP contribution is 2.24. The molecule has 3 aromatic carbocycles. The SMILES string of the molecule is COc1ccc(NC(=O)CSc2nnc(CNC(=O)c3ccc(C)c([N+](=O)[O-])c3)n2-c2ccc(F)cc2)cc1. The van der Waals surface area contributed by atoms with Gasteiger partial charge in [-0.05, 0) is 61.5 Å². The number of anilines is 1. The first-order valence-electron chi connectivity index (χ1n) is 11.6. The summed E-state index contributed by atoms with van der Waals surface area (Å²) in [6.07, 6.45) is 0. The number of nitro benzene ring substituents is 1. The quantitative estimate of drug-likeness (QED) is 0.169. The minimum Gasteiger partial charge on any atom is -0.497 e. The second-order valence-corrected chi connectivity index (χ2v) is 9.16. The molecule has 2 N–H and O–H groups in total. The number of carbonyl (C=O) groups is 2. The molecule has 0 bridgehead atoms. The van der Waals surface area contributed by atoms with Gasteiger partial charge in [-0.2, -0.15) is 0 Å². The van der Waals surface area contributed by atoms with Crippen LogP contribution < -0.4 is 15.4 Å². The molecule has 1 aromatic heterocycles. The number of halogens is 1. The summed E-state index contributed by atoms with van der Waals surface area (Å²) in [5, 5.41) is 25.4. The fourth-order valence-corrected chi connectivity index (χ4v) is 4.34. The van der Waals surface area contributed by atoms with Crippen molar-refractivity contribution in [3.05, 3.63) is 99.6 Å². The normalized spacial score (nSPS) is 10.6. The van der Waals surface area contributed by atoms with Gasteiger partial charge in [0.2, 0.25) is 5.91 Å². The van der Waals surface area contributed by atoms with Crippen LogP contribution in [0.5, 0.6) is 5.75 Å². The molecular weight excluding hydrogens is 527 g/mol. The van der Waals surface area contributed by atoms with E-state index in [4.69, 9.17) is 4.74 Å². The minimum absolute atomic E-state index is 0.00471. The topological polar surface area (TPSA) is 141 Å². The van der Waals surface area contributed by atoms with Gasteiger partial charge in [0.1, 0.15) is 11.6 Å². The number of nitrogens with one attached hydrogen (secondary N) is 2. The minimum atomic E-state index is -0.550. The summed E-state index contributed by atoms with van der Waals surface area (Å²) in [4.78, 5) is 35.9. The smallest absolute Gasteiger partial charge is 0.273 e. The number of nitrogens with zero attached hydrogens (tertiary/aromatic N) is 4. The zero-order chi connectivity index (χ0) is 27.9. The predicted octanol–water partition coefficient (Wildman–Crippen LogP) is 4.29. The van der Waals surface area contributed by atoms with Crippen molar-refractivity contribution in [2.24, 2.45) is 0 Å². The molecule has 39 heavy (non-hydrogen) atoms. The van der Waals surface area contributed by atoms with E-state index in [-0.39, 0.29) is 29.5 Å². The first kappa shape index (κ1) is 27.3. The fraction of sp³-hybridized carbons (Fsp3) is 0.154. The molecule has 13 heteroatoms. The maximum Gasteiger partial charge on any atom is 0.273 e. The summed E-state index contributed by atoms with van der Waals surface area (Å²) in [7, 11) is 1.55. The number of methoxy groups -OCH3 is 1. The van der Waals surface area contributed by atoms with Gasteiger partial charge in [0, 0.05) is 28.6 Å². The van der Waals surface area contributed by atoms with Crippen LogP contribution in [0.15, 0.2) is 71.9 Å². The molecule has 1 heterocycles. The number of nitro groups is 1. The fourth-order valence-electron chi connectivity index (χ4n) is 3.57. The third-order valence-corrected chi connectivity index (χ3v) is 6.50. The van der Waals surface area contributed by atoms with E-state index in [1.165, 1.54) is 42.5 Å². The molecule has 0 aliphatic carbocycles. The van der Waals surface area contributed by atoms with E-state index in [1.807, 2.05) is 0 Å². The van der Waals surface area contributed by atoms with Crippen LogP contribution in [0, 0.1) is 22.9 Å². The first-order chi connectivity index (χ1) is 18.7. The Kier molecular flexibility index (Phi) is 8.51. The van der Waals surface area contributed by atoms with Crippen LogP contribution in [-0.4, -0.2) is 44.4 Å². The van der Waals surface area contributed by atoms with E-state index in [2.05, 4.69) is 20.8 Å². The Hall–Kier alpha value is -4.78. The summed E-state index contributed by atoms with van der Waals surface area (Å²) in [5.74, 6) is -0.278. The molecule has 11 nitrogen and oxygen atoms in total. The van der Waals surface area contributed by atoms with E-state index in [9.17, 15) is 24.1 Å². The van der Waals surface area contributed by atoms with E-state index in [0.717, 1.165) is 11.8 Å². The van der Waals surface area contributed by atoms with Gasteiger partial charge in [-0.25, -0.2) is 4.39 Å².